The van der Waals surface area contributed by atoms with Gasteiger partial charge in [-0.25, -0.2) is 0 Å². The maximum Gasteiger partial charge on any atom is 0.174 e. The van der Waals surface area contributed by atoms with Crippen molar-refractivity contribution in [1.82, 2.24) is 0 Å². The summed E-state index contributed by atoms with van der Waals surface area (Å²) in [7, 11) is 0. The van der Waals surface area contributed by atoms with Crippen LogP contribution in [0.3, 0.4) is 0 Å². The molecule has 1 atom stereocenters. The number of ether oxygens (including phenoxy) is 1. The van der Waals surface area contributed by atoms with Crippen molar-refractivity contribution in [2.24, 2.45) is 5.92 Å². The van der Waals surface area contributed by atoms with E-state index in [2.05, 4.69) is 0 Å². The van der Waals surface area contributed by atoms with E-state index in [-0.39, 0.29) is 11.6 Å². The highest BCUT2D eigenvalue weighted by Gasteiger charge is 2.34. The molecule has 2 aliphatic rings. The number of aryl methyl sites for hydroxylation is 1. The highest BCUT2D eigenvalue weighted by Crippen LogP contribution is 2.37. The van der Waals surface area contributed by atoms with Gasteiger partial charge in [-0.2, -0.15) is 0 Å². The molecule has 0 amide bonds. The summed E-state index contributed by atoms with van der Waals surface area (Å²) in [5.41, 5.74) is 3.54. The number of carbonyl (C=O) groups is 2. The number of carbonyl (C=O) groups excluding carboxylic acids is 2. The number of hydrogen-bond acceptors (Lipinski definition) is 3. The largest absolute Gasteiger partial charge is 0.456 e. The second kappa shape index (κ2) is 5.60. The number of fused-ring (bicyclic) bond motifs is 2. The molecule has 0 radical (unpaired) electrons. The Labute approximate surface area is 140 Å². The Kier molecular flexibility index (Phi) is 3.42. The molecule has 0 saturated carbocycles. The lowest BCUT2D eigenvalue weighted by molar-refractivity contribution is -0.117. The first-order valence-corrected chi connectivity index (χ1v) is 7.96. The molecule has 0 saturated heterocycles. The van der Waals surface area contributed by atoms with Gasteiger partial charge in [0.05, 0.1) is 5.92 Å². The molecule has 0 spiro atoms. The molecule has 1 unspecified atom stereocenters. The minimum atomic E-state index is -0.670. The van der Waals surface area contributed by atoms with Crippen LogP contribution in [-0.2, 0) is 4.79 Å². The number of ketones is 2. The second-order valence-corrected chi connectivity index (χ2v) is 6.21. The Morgan fingerprint density at radius 3 is 2.58 bits per heavy atom. The Hall–Kier alpha value is -2.94. The zero-order chi connectivity index (χ0) is 16.7. The van der Waals surface area contributed by atoms with Crippen molar-refractivity contribution in [2.45, 2.75) is 13.3 Å². The van der Waals surface area contributed by atoms with Crippen LogP contribution in [0.2, 0.25) is 0 Å². The summed E-state index contributed by atoms with van der Waals surface area (Å²) in [6.45, 7) is 1.97. The predicted octanol–water partition coefficient (Wildman–Crippen LogP) is 4.13. The molecule has 24 heavy (non-hydrogen) atoms. The third-order valence-corrected chi connectivity index (χ3v) is 4.48. The van der Waals surface area contributed by atoms with Gasteiger partial charge in [-0.15, -0.1) is 0 Å². The van der Waals surface area contributed by atoms with Crippen LogP contribution in [0.5, 0.6) is 5.75 Å². The van der Waals surface area contributed by atoms with Gasteiger partial charge in [-0.3, -0.25) is 9.59 Å². The summed E-state index contributed by atoms with van der Waals surface area (Å²) in [4.78, 5) is 25.2. The van der Waals surface area contributed by atoms with Crippen LogP contribution in [0.4, 0.5) is 0 Å². The lowest BCUT2D eigenvalue weighted by Gasteiger charge is -2.26. The molecule has 0 aromatic heterocycles. The molecule has 2 aromatic carbocycles. The SMILES string of the molecule is Cc1ccc(C(=O)C2CC3=Cc4ccccc4OC3=CC2=O)cc1. The number of rotatable bonds is 2. The molecule has 0 N–H and O–H groups in total. The van der Waals surface area contributed by atoms with Crippen LogP contribution in [0.1, 0.15) is 27.9 Å². The zero-order valence-electron chi connectivity index (χ0n) is 13.3. The van der Waals surface area contributed by atoms with E-state index in [1.807, 2.05) is 49.4 Å². The predicted molar refractivity (Wildman–Crippen MR) is 91.8 cm³/mol. The van der Waals surface area contributed by atoms with Gasteiger partial charge in [0.15, 0.2) is 11.6 Å². The number of hydrogen-bond donors (Lipinski definition) is 0. The molecule has 118 valence electrons. The summed E-state index contributed by atoms with van der Waals surface area (Å²) >= 11 is 0. The molecule has 1 aliphatic heterocycles. The van der Waals surface area contributed by atoms with Crippen LogP contribution in [-0.4, -0.2) is 11.6 Å². The van der Waals surface area contributed by atoms with Crippen molar-refractivity contribution in [3.05, 3.63) is 82.6 Å². The van der Waals surface area contributed by atoms with E-state index in [1.165, 1.54) is 6.08 Å². The van der Waals surface area contributed by atoms with Crippen molar-refractivity contribution in [3.63, 3.8) is 0 Å². The van der Waals surface area contributed by atoms with E-state index >= 15 is 0 Å². The Balaban J connectivity index is 1.67. The maximum atomic E-state index is 12.7. The summed E-state index contributed by atoms with van der Waals surface area (Å²) in [5, 5.41) is 0. The smallest absolute Gasteiger partial charge is 0.174 e. The van der Waals surface area contributed by atoms with Gasteiger partial charge >= 0.3 is 0 Å². The molecule has 3 heteroatoms. The molecule has 4 rings (SSSR count). The molecule has 0 fully saturated rings. The molecule has 2 aromatic rings. The van der Waals surface area contributed by atoms with Crippen molar-refractivity contribution < 1.29 is 14.3 Å². The van der Waals surface area contributed by atoms with Gasteiger partial charge in [-0.1, -0.05) is 48.0 Å². The van der Waals surface area contributed by atoms with Crippen molar-refractivity contribution in [1.29, 1.82) is 0 Å². The Morgan fingerprint density at radius 2 is 1.79 bits per heavy atom. The zero-order valence-corrected chi connectivity index (χ0v) is 13.3. The van der Waals surface area contributed by atoms with Crippen LogP contribution < -0.4 is 4.74 Å². The lowest BCUT2D eigenvalue weighted by atomic mass is 9.82. The van der Waals surface area contributed by atoms with E-state index < -0.39 is 5.92 Å². The molecule has 1 heterocycles. The summed E-state index contributed by atoms with van der Waals surface area (Å²) in [5.74, 6) is 0.314. The fourth-order valence-electron chi connectivity index (χ4n) is 3.11. The van der Waals surface area contributed by atoms with Crippen LogP contribution >= 0.6 is 0 Å². The topological polar surface area (TPSA) is 43.4 Å². The van der Waals surface area contributed by atoms with Gasteiger partial charge in [0.25, 0.3) is 0 Å². The van der Waals surface area contributed by atoms with Crippen LogP contribution in [0.25, 0.3) is 6.08 Å². The first kappa shape index (κ1) is 14.6. The van der Waals surface area contributed by atoms with Crippen LogP contribution in [0, 0.1) is 12.8 Å². The number of benzene rings is 2. The Bertz CT molecular complexity index is 901. The van der Waals surface area contributed by atoms with Crippen molar-refractivity contribution >= 4 is 17.6 Å². The summed E-state index contributed by atoms with van der Waals surface area (Å²) in [6, 6.07) is 15.0. The van der Waals surface area contributed by atoms with Gasteiger partial charge in [0, 0.05) is 17.2 Å². The molecule has 3 nitrogen and oxygen atoms in total. The van der Waals surface area contributed by atoms with E-state index in [0.717, 1.165) is 22.4 Å². The van der Waals surface area contributed by atoms with Crippen molar-refractivity contribution in [3.8, 4) is 5.75 Å². The molecular formula is C21H16O3. The summed E-state index contributed by atoms with van der Waals surface area (Å²) in [6.07, 6.45) is 3.85. The highest BCUT2D eigenvalue weighted by atomic mass is 16.5. The average molecular weight is 316 g/mol. The fourth-order valence-corrected chi connectivity index (χ4v) is 3.11. The van der Waals surface area contributed by atoms with Gasteiger partial charge in [-0.05, 0) is 31.1 Å². The van der Waals surface area contributed by atoms with Gasteiger partial charge in [0.1, 0.15) is 11.5 Å². The minimum absolute atomic E-state index is 0.130. The number of Topliss-reactive ketones (excluding diaryl/α,β-unsaturated/α-hetero) is 1. The van der Waals surface area contributed by atoms with Gasteiger partial charge in [0.2, 0.25) is 0 Å². The maximum absolute atomic E-state index is 12.7. The van der Waals surface area contributed by atoms with Gasteiger partial charge < -0.3 is 4.74 Å². The van der Waals surface area contributed by atoms with Crippen molar-refractivity contribution in [2.75, 3.05) is 0 Å². The number of allylic oxidation sites excluding steroid dienone is 2. The van der Waals surface area contributed by atoms with E-state index in [0.29, 0.717) is 17.7 Å². The molecule has 0 bridgehead atoms. The van der Waals surface area contributed by atoms with E-state index in [4.69, 9.17) is 4.74 Å². The standard InChI is InChI=1S/C21H16O3/c1-13-6-8-14(9-7-13)21(23)17-11-16-10-15-4-2-3-5-19(15)24-20(16)12-18(17)22/h2-10,12,17H,11H2,1H3. The molecule has 1 aliphatic carbocycles. The monoisotopic (exact) mass is 316 g/mol. The van der Waals surface area contributed by atoms with E-state index in [9.17, 15) is 9.59 Å². The number of para-hydroxylation sites is 1. The average Bonchev–Trinajstić information content (AvgIpc) is 2.59. The third-order valence-electron chi connectivity index (χ3n) is 4.48. The highest BCUT2D eigenvalue weighted by molar-refractivity contribution is 6.15. The quantitative estimate of drug-likeness (QED) is 0.618. The third kappa shape index (κ3) is 2.48. The second-order valence-electron chi connectivity index (χ2n) is 6.21. The minimum Gasteiger partial charge on any atom is -0.456 e. The first-order chi connectivity index (χ1) is 11.6. The summed E-state index contributed by atoms with van der Waals surface area (Å²) < 4.78 is 5.82. The lowest BCUT2D eigenvalue weighted by Crippen LogP contribution is -2.29. The first-order valence-electron chi connectivity index (χ1n) is 7.96. The van der Waals surface area contributed by atoms with Crippen LogP contribution in [0.15, 0.2) is 65.9 Å². The Morgan fingerprint density at radius 1 is 1.04 bits per heavy atom. The fraction of sp³-hybridized carbons (Fsp3) is 0.143. The normalized spacial score (nSPS) is 18.7. The van der Waals surface area contributed by atoms with E-state index in [1.54, 1.807) is 12.1 Å². The molecular weight excluding hydrogens is 300 g/mol.